The van der Waals surface area contributed by atoms with Crippen LogP contribution in [0.25, 0.3) is 0 Å². The number of amides is 1. The number of rotatable bonds is 5. The summed E-state index contributed by atoms with van der Waals surface area (Å²) < 4.78 is 0. The fourth-order valence-corrected chi connectivity index (χ4v) is 2.37. The van der Waals surface area contributed by atoms with E-state index in [1.165, 1.54) is 32.1 Å². The van der Waals surface area contributed by atoms with Gasteiger partial charge in [-0.1, -0.05) is 6.92 Å². The zero-order chi connectivity index (χ0) is 13.7. The Labute approximate surface area is 114 Å². The summed E-state index contributed by atoms with van der Waals surface area (Å²) in [5.41, 5.74) is 6.53. The van der Waals surface area contributed by atoms with Crippen LogP contribution in [0.15, 0.2) is 18.3 Å². The van der Waals surface area contributed by atoms with E-state index in [1.807, 2.05) is 0 Å². The fourth-order valence-electron chi connectivity index (χ4n) is 2.37. The first-order valence-corrected chi connectivity index (χ1v) is 6.87. The van der Waals surface area contributed by atoms with Gasteiger partial charge in [-0.05, 0) is 44.0 Å². The molecule has 0 aromatic carbocycles. The van der Waals surface area contributed by atoms with Gasteiger partial charge in [0, 0.05) is 13.1 Å². The summed E-state index contributed by atoms with van der Waals surface area (Å²) in [6, 6.07) is 3.34. The molecule has 0 radical (unpaired) electrons. The summed E-state index contributed by atoms with van der Waals surface area (Å²) in [7, 11) is 0. The number of nitrogens with two attached hydrogens (primary N) is 1. The summed E-state index contributed by atoms with van der Waals surface area (Å²) in [6.45, 7) is 6.28. The Morgan fingerprint density at radius 2 is 2.21 bits per heavy atom. The number of nitrogens with one attached hydrogen (secondary N) is 1. The Hall–Kier alpha value is -1.62. The van der Waals surface area contributed by atoms with Crippen molar-refractivity contribution in [3.63, 3.8) is 0 Å². The summed E-state index contributed by atoms with van der Waals surface area (Å²) in [6.07, 6.45) is 4.10. The Morgan fingerprint density at radius 1 is 1.47 bits per heavy atom. The van der Waals surface area contributed by atoms with Crippen molar-refractivity contribution in [1.29, 1.82) is 0 Å². The maximum atomic E-state index is 11.9. The van der Waals surface area contributed by atoms with Gasteiger partial charge in [0.15, 0.2) is 0 Å². The molecule has 3 N–H and O–H groups in total. The maximum Gasteiger partial charge on any atom is 0.269 e. The third kappa shape index (κ3) is 4.21. The SMILES string of the molecule is CC(CNC(=O)c1ccc(N)cn1)CN1CCCC1. The molecule has 104 valence electrons. The highest BCUT2D eigenvalue weighted by Gasteiger charge is 2.15. The number of hydrogen-bond acceptors (Lipinski definition) is 4. The van der Waals surface area contributed by atoms with E-state index >= 15 is 0 Å². The summed E-state index contributed by atoms with van der Waals surface area (Å²) >= 11 is 0. The third-order valence-electron chi connectivity index (χ3n) is 3.40. The van der Waals surface area contributed by atoms with Crippen molar-refractivity contribution in [3.05, 3.63) is 24.0 Å². The van der Waals surface area contributed by atoms with Crippen LogP contribution in [-0.2, 0) is 0 Å². The van der Waals surface area contributed by atoms with Gasteiger partial charge in [-0.25, -0.2) is 4.98 Å². The molecular weight excluding hydrogens is 240 g/mol. The molecule has 1 atom stereocenters. The number of likely N-dealkylation sites (tertiary alicyclic amines) is 1. The lowest BCUT2D eigenvalue weighted by Crippen LogP contribution is -2.34. The minimum Gasteiger partial charge on any atom is -0.397 e. The smallest absolute Gasteiger partial charge is 0.269 e. The highest BCUT2D eigenvalue weighted by molar-refractivity contribution is 5.92. The second kappa shape index (κ2) is 6.52. The zero-order valence-electron chi connectivity index (χ0n) is 11.4. The molecule has 5 heteroatoms. The van der Waals surface area contributed by atoms with E-state index in [0.29, 0.717) is 23.8 Å². The highest BCUT2D eigenvalue weighted by Crippen LogP contribution is 2.09. The van der Waals surface area contributed by atoms with Crippen LogP contribution < -0.4 is 11.1 Å². The van der Waals surface area contributed by atoms with Crippen LogP contribution in [0.4, 0.5) is 5.69 Å². The second-order valence-corrected chi connectivity index (χ2v) is 5.30. The van der Waals surface area contributed by atoms with Crippen LogP contribution in [0, 0.1) is 5.92 Å². The van der Waals surface area contributed by atoms with Gasteiger partial charge < -0.3 is 16.0 Å². The molecule has 1 amide bonds. The van der Waals surface area contributed by atoms with E-state index in [-0.39, 0.29) is 5.91 Å². The standard InChI is InChI=1S/C14H22N4O/c1-11(10-18-6-2-3-7-18)8-17-14(19)13-5-4-12(15)9-16-13/h4-5,9,11H,2-3,6-8,10,15H2,1H3,(H,17,19). The number of nitrogens with zero attached hydrogens (tertiary/aromatic N) is 2. The molecule has 1 aromatic rings. The molecule has 19 heavy (non-hydrogen) atoms. The normalized spacial score (nSPS) is 17.3. The van der Waals surface area contributed by atoms with Crippen molar-refractivity contribution in [2.75, 3.05) is 31.9 Å². The van der Waals surface area contributed by atoms with Gasteiger partial charge in [-0.3, -0.25) is 4.79 Å². The molecule has 2 heterocycles. The largest absolute Gasteiger partial charge is 0.397 e. The third-order valence-corrected chi connectivity index (χ3v) is 3.40. The zero-order valence-corrected chi connectivity index (χ0v) is 11.4. The predicted molar refractivity (Wildman–Crippen MR) is 75.8 cm³/mol. The molecule has 1 aliphatic rings. The van der Waals surface area contributed by atoms with Gasteiger partial charge in [0.05, 0.1) is 11.9 Å². The highest BCUT2D eigenvalue weighted by atomic mass is 16.1. The van der Waals surface area contributed by atoms with E-state index in [2.05, 4.69) is 22.1 Å². The molecule has 0 spiro atoms. The van der Waals surface area contributed by atoms with E-state index in [1.54, 1.807) is 12.1 Å². The lowest BCUT2D eigenvalue weighted by Gasteiger charge is -2.20. The molecule has 1 aliphatic heterocycles. The molecule has 2 rings (SSSR count). The molecule has 1 aromatic heterocycles. The average Bonchev–Trinajstić information content (AvgIpc) is 2.89. The van der Waals surface area contributed by atoms with E-state index in [4.69, 9.17) is 5.73 Å². The number of anilines is 1. The van der Waals surface area contributed by atoms with Gasteiger partial charge in [0.25, 0.3) is 5.91 Å². The van der Waals surface area contributed by atoms with Crippen molar-refractivity contribution in [2.24, 2.45) is 5.92 Å². The van der Waals surface area contributed by atoms with Crippen molar-refractivity contribution >= 4 is 11.6 Å². The lowest BCUT2D eigenvalue weighted by atomic mass is 10.1. The van der Waals surface area contributed by atoms with Gasteiger partial charge >= 0.3 is 0 Å². The first-order valence-electron chi connectivity index (χ1n) is 6.87. The molecule has 5 nitrogen and oxygen atoms in total. The van der Waals surface area contributed by atoms with Crippen molar-refractivity contribution in [2.45, 2.75) is 19.8 Å². The van der Waals surface area contributed by atoms with Gasteiger partial charge in [0.1, 0.15) is 5.69 Å². The number of hydrogen-bond donors (Lipinski definition) is 2. The molecule has 0 bridgehead atoms. The Kier molecular flexibility index (Phi) is 4.74. The quantitative estimate of drug-likeness (QED) is 0.834. The second-order valence-electron chi connectivity index (χ2n) is 5.30. The van der Waals surface area contributed by atoms with E-state index < -0.39 is 0 Å². The van der Waals surface area contributed by atoms with Gasteiger partial charge in [-0.2, -0.15) is 0 Å². The number of nitrogen functional groups attached to an aromatic ring is 1. The monoisotopic (exact) mass is 262 g/mol. The van der Waals surface area contributed by atoms with Gasteiger partial charge in [0.2, 0.25) is 0 Å². The number of carbonyl (C=O) groups is 1. The van der Waals surface area contributed by atoms with Crippen molar-refractivity contribution in [3.8, 4) is 0 Å². The summed E-state index contributed by atoms with van der Waals surface area (Å²) in [5, 5.41) is 2.92. The molecule has 0 aliphatic carbocycles. The minimum atomic E-state index is -0.131. The molecule has 1 saturated heterocycles. The predicted octanol–water partition coefficient (Wildman–Crippen LogP) is 1.13. The van der Waals surface area contributed by atoms with E-state index in [9.17, 15) is 4.79 Å². The van der Waals surface area contributed by atoms with Crippen LogP contribution in [-0.4, -0.2) is 42.0 Å². The molecule has 1 unspecified atom stereocenters. The van der Waals surface area contributed by atoms with Crippen molar-refractivity contribution in [1.82, 2.24) is 15.2 Å². The number of carbonyl (C=O) groups excluding carboxylic acids is 1. The fraction of sp³-hybridized carbons (Fsp3) is 0.571. The number of aromatic nitrogens is 1. The summed E-state index contributed by atoms with van der Waals surface area (Å²) in [5.74, 6) is 0.323. The first-order chi connectivity index (χ1) is 9.15. The Bertz CT molecular complexity index is 412. The van der Waals surface area contributed by atoms with E-state index in [0.717, 1.165) is 6.54 Å². The topological polar surface area (TPSA) is 71.2 Å². The van der Waals surface area contributed by atoms with Crippen LogP contribution in [0.2, 0.25) is 0 Å². The number of pyridine rings is 1. The van der Waals surface area contributed by atoms with Crippen LogP contribution in [0.3, 0.4) is 0 Å². The Morgan fingerprint density at radius 3 is 2.84 bits per heavy atom. The maximum absolute atomic E-state index is 11.9. The van der Waals surface area contributed by atoms with Crippen LogP contribution in [0.5, 0.6) is 0 Å². The van der Waals surface area contributed by atoms with Crippen LogP contribution >= 0.6 is 0 Å². The van der Waals surface area contributed by atoms with Crippen molar-refractivity contribution < 1.29 is 4.79 Å². The molecule has 1 fully saturated rings. The first kappa shape index (κ1) is 13.8. The minimum absolute atomic E-state index is 0.131. The van der Waals surface area contributed by atoms with Crippen LogP contribution in [0.1, 0.15) is 30.3 Å². The molecule has 0 saturated carbocycles. The van der Waals surface area contributed by atoms with Gasteiger partial charge in [-0.15, -0.1) is 0 Å². The summed E-state index contributed by atoms with van der Waals surface area (Å²) in [4.78, 5) is 18.3. The lowest BCUT2D eigenvalue weighted by molar-refractivity contribution is 0.0940. The molecular formula is C14H22N4O. The Balaban J connectivity index is 1.74. The average molecular weight is 262 g/mol.